The molecule has 5 nitrogen and oxygen atoms in total. The molecule has 0 aliphatic carbocycles. The van der Waals surface area contributed by atoms with E-state index in [1.165, 1.54) is 16.7 Å². The summed E-state index contributed by atoms with van der Waals surface area (Å²) < 4.78 is 31.9. The van der Waals surface area contributed by atoms with Crippen LogP contribution in [0.15, 0.2) is 66.7 Å². The predicted molar refractivity (Wildman–Crippen MR) is 117 cm³/mol. The number of nitrogens with one attached hydrogen (secondary N) is 1. The van der Waals surface area contributed by atoms with Gasteiger partial charge in [0.1, 0.15) is 17.6 Å². The molecule has 3 aromatic rings. The molecule has 1 amide bonds. The van der Waals surface area contributed by atoms with Crippen LogP contribution in [-0.2, 0) is 21.4 Å². The van der Waals surface area contributed by atoms with Crippen molar-refractivity contribution < 1.29 is 17.9 Å². The lowest BCUT2D eigenvalue weighted by atomic mass is 9.95. The number of amides is 1. The van der Waals surface area contributed by atoms with Crippen molar-refractivity contribution in [3.05, 3.63) is 89.0 Å². The second-order valence-corrected chi connectivity index (χ2v) is 9.45. The lowest BCUT2D eigenvalue weighted by molar-refractivity contribution is -0.118. The third-order valence-electron chi connectivity index (χ3n) is 5.36. The van der Waals surface area contributed by atoms with Crippen LogP contribution in [0.2, 0.25) is 0 Å². The molecule has 0 bridgehead atoms. The number of carbonyl (C=O) groups excluding carboxylic acids is 1. The van der Waals surface area contributed by atoms with Gasteiger partial charge < -0.3 is 4.74 Å². The van der Waals surface area contributed by atoms with Crippen molar-refractivity contribution in [3.63, 3.8) is 0 Å². The monoisotopic (exact) mass is 421 g/mol. The van der Waals surface area contributed by atoms with Crippen LogP contribution in [0.3, 0.4) is 0 Å². The van der Waals surface area contributed by atoms with E-state index < -0.39 is 21.2 Å². The summed E-state index contributed by atoms with van der Waals surface area (Å²) >= 11 is 0. The van der Waals surface area contributed by atoms with E-state index in [0.29, 0.717) is 17.9 Å². The number of rotatable bonds is 5. The Bertz CT molecular complexity index is 1180. The zero-order chi connectivity index (χ0) is 21.3. The molecule has 0 spiro atoms. The standard InChI is InChI=1S/C24H23NO4S/c1-16-5-3-6-17(2)24(16)20-8-4-7-18(13-20)15-29-21-11-9-19(10-12-21)22-14-23(26)25-30(22,27)28/h3-13,22H,14-15H2,1-2H3,(H,25,26). The molecule has 30 heavy (non-hydrogen) atoms. The fourth-order valence-electron chi connectivity index (χ4n) is 3.88. The van der Waals surface area contributed by atoms with Crippen LogP contribution in [-0.4, -0.2) is 14.3 Å². The molecule has 1 aliphatic heterocycles. The normalized spacial score (nSPS) is 17.5. The van der Waals surface area contributed by atoms with E-state index in [-0.39, 0.29) is 6.42 Å². The van der Waals surface area contributed by atoms with E-state index in [1.54, 1.807) is 24.3 Å². The number of benzene rings is 3. The van der Waals surface area contributed by atoms with Crippen molar-refractivity contribution in [2.45, 2.75) is 32.1 Å². The van der Waals surface area contributed by atoms with Crippen molar-refractivity contribution in [3.8, 4) is 16.9 Å². The maximum absolute atomic E-state index is 12.0. The van der Waals surface area contributed by atoms with Gasteiger partial charge in [-0.3, -0.25) is 9.52 Å². The molecular formula is C24H23NO4S. The van der Waals surface area contributed by atoms with E-state index in [1.807, 2.05) is 16.9 Å². The van der Waals surface area contributed by atoms with Gasteiger partial charge in [0.2, 0.25) is 15.9 Å². The Balaban J connectivity index is 1.47. The van der Waals surface area contributed by atoms with Crippen molar-refractivity contribution >= 4 is 15.9 Å². The van der Waals surface area contributed by atoms with Crippen molar-refractivity contribution in [1.29, 1.82) is 0 Å². The van der Waals surface area contributed by atoms with Crippen LogP contribution < -0.4 is 9.46 Å². The van der Waals surface area contributed by atoms with Gasteiger partial charge in [0.15, 0.2) is 0 Å². The van der Waals surface area contributed by atoms with Crippen LogP contribution in [0, 0.1) is 13.8 Å². The van der Waals surface area contributed by atoms with Crippen molar-refractivity contribution in [2.24, 2.45) is 0 Å². The minimum absolute atomic E-state index is 0.0480. The number of hydrogen-bond donors (Lipinski definition) is 1. The highest BCUT2D eigenvalue weighted by Crippen LogP contribution is 2.31. The number of aryl methyl sites for hydroxylation is 2. The molecule has 1 N–H and O–H groups in total. The highest BCUT2D eigenvalue weighted by atomic mass is 32.2. The lowest BCUT2D eigenvalue weighted by Crippen LogP contribution is -2.21. The molecular weight excluding hydrogens is 398 g/mol. The highest BCUT2D eigenvalue weighted by Gasteiger charge is 2.37. The Morgan fingerprint density at radius 2 is 1.63 bits per heavy atom. The second-order valence-electron chi connectivity index (χ2n) is 7.59. The minimum atomic E-state index is -3.64. The highest BCUT2D eigenvalue weighted by molar-refractivity contribution is 7.90. The average molecular weight is 422 g/mol. The van der Waals surface area contributed by atoms with Crippen molar-refractivity contribution in [2.75, 3.05) is 0 Å². The molecule has 6 heteroatoms. The largest absolute Gasteiger partial charge is 0.489 e. The first-order valence-corrected chi connectivity index (χ1v) is 11.3. The van der Waals surface area contributed by atoms with E-state index in [4.69, 9.17) is 4.74 Å². The molecule has 4 rings (SSSR count). The molecule has 154 valence electrons. The van der Waals surface area contributed by atoms with Crippen LogP contribution in [0.1, 0.15) is 33.9 Å². The zero-order valence-electron chi connectivity index (χ0n) is 16.9. The first kappa shape index (κ1) is 20.2. The van der Waals surface area contributed by atoms with Crippen LogP contribution in [0.5, 0.6) is 5.75 Å². The third kappa shape index (κ3) is 4.09. The summed E-state index contributed by atoms with van der Waals surface area (Å²) in [5, 5.41) is -0.840. The van der Waals surface area contributed by atoms with Gasteiger partial charge >= 0.3 is 0 Å². The first-order valence-electron chi connectivity index (χ1n) is 9.76. The first-order chi connectivity index (χ1) is 14.3. The molecule has 1 saturated heterocycles. The van der Waals surface area contributed by atoms with Gasteiger partial charge in [-0.05, 0) is 65.4 Å². The Kier molecular flexibility index (Phi) is 5.35. The number of carbonyl (C=O) groups is 1. The number of hydrogen-bond acceptors (Lipinski definition) is 4. The lowest BCUT2D eigenvalue weighted by Gasteiger charge is -2.13. The summed E-state index contributed by atoms with van der Waals surface area (Å²) in [4.78, 5) is 11.4. The second kappa shape index (κ2) is 7.95. The average Bonchev–Trinajstić information content (AvgIpc) is 2.99. The summed E-state index contributed by atoms with van der Waals surface area (Å²) in [6.45, 7) is 4.63. The fraction of sp³-hybridized carbons (Fsp3) is 0.208. The summed E-state index contributed by atoms with van der Waals surface area (Å²) in [5.41, 5.74) is 6.50. The zero-order valence-corrected chi connectivity index (χ0v) is 17.7. The van der Waals surface area contributed by atoms with E-state index in [2.05, 4.69) is 44.2 Å². The topological polar surface area (TPSA) is 72.5 Å². The minimum Gasteiger partial charge on any atom is -0.489 e. The van der Waals surface area contributed by atoms with Gasteiger partial charge in [-0.2, -0.15) is 0 Å². The van der Waals surface area contributed by atoms with Crippen LogP contribution >= 0.6 is 0 Å². The smallest absolute Gasteiger partial charge is 0.242 e. The Morgan fingerprint density at radius 1 is 0.967 bits per heavy atom. The summed E-state index contributed by atoms with van der Waals surface area (Å²) in [5.74, 6) is 0.176. The Labute approximate surface area is 176 Å². The quantitative estimate of drug-likeness (QED) is 0.661. The predicted octanol–water partition coefficient (Wildman–Crippen LogP) is 4.44. The Hall–Kier alpha value is -3.12. The van der Waals surface area contributed by atoms with E-state index >= 15 is 0 Å². The van der Waals surface area contributed by atoms with Gasteiger partial charge in [0.05, 0.1) is 6.42 Å². The van der Waals surface area contributed by atoms with Gasteiger partial charge in [-0.25, -0.2) is 8.42 Å². The van der Waals surface area contributed by atoms with Gasteiger partial charge in [-0.1, -0.05) is 48.5 Å². The maximum atomic E-state index is 12.0. The SMILES string of the molecule is Cc1cccc(C)c1-c1cccc(COc2ccc(C3CC(=O)NS3(=O)=O)cc2)c1. The van der Waals surface area contributed by atoms with Gasteiger partial charge in [-0.15, -0.1) is 0 Å². The fourth-order valence-corrected chi connectivity index (χ4v) is 5.31. The van der Waals surface area contributed by atoms with Gasteiger partial charge in [0.25, 0.3) is 0 Å². The number of ether oxygens (including phenoxy) is 1. The maximum Gasteiger partial charge on any atom is 0.242 e. The molecule has 1 atom stereocenters. The Morgan fingerprint density at radius 3 is 2.27 bits per heavy atom. The summed E-state index contributed by atoms with van der Waals surface area (Å²) in [6, 6.07) is 21.4. The molecule has 1 unspecified atom stereocenters. The molecule has 0 radical (unpaired) electrons. The van der Waals surface area contributed by atoms with E-state index in [9.17, 15) is 13.2 Å². The van der Waals surface area contributed by atoms with Gasteiger partial charge in [0, 0.05) is 0 Å². The molecule has 0 aromatic heterocycles. The molecule has 1 fully saturated rings. The van der Waals surface area contributed by atoms with Crippen molar-refractivity contribution in [1.82, 2.24) is 4.72 Å². The summed E-state index contributed by atoms with van der Waals surface area (Å²) in [7, 11) is -3.64. The molecule has 1 aliphatic rings. The molecule has 3 aromatic carbocycles. The van der Waals surface area contributed by atoms with Crippen LogP contribution in [0.25, 0.3) is 11.1 Å². The molecule has 0 saturated carbocycles. The summed E-state index contributed by atoms with van der Waals surface area (Å²) in [6.07, 6.45) is -0.0480. The van der Waals surface area contributed by atoms with Crippen LogP contribution in [0.4, 0.5) is 0 Å². The number of sulfonamides is 1. The third-order valence-corrected chi connectivity index (χ3v) is 7.06. The molecule has 1 heterocycles. The van der Waals surface area contributed by atoms with E-state index in [0.717, 1.165) is 11.1 Å².